The number of hydrogen-bond donors (Lipinski definition) is 0. The summed E-state index contributed by atoms with van der Waals surface area (Å²) < 4.78 is 18.9. The molecule has 2 saturated heterocycles. The highest BCUT2D eigenvalue weighted by Crippen LogP contribution is 2.22. The minimum absolute atomic E-state index is 0.114. The summed E-state index contributed by atoms with van der Waals surface area (Å²) in [5, 5.41) is 0. The fraction of sp³-hybridized carbons (Fsp3) is 0.391. The quantitative estimate of drug-likeness (QED) is 0.775. The van der Waals surface area contributed by atoms with Crippen LogP contribution in [0.3, 0.4) is 0 Å². The van der Waals surface area contributed by atoms with Crippen molar-refractivity contribution >= 4 is 11.8 Å². The Morgan fingerprint density at radius 2 is 1.83 bits per heavy atom. The third-order valence-corrected chi connectivity index (χ3v) is 5.93. The van der Waals surface area contributed by atoms with Crippen LogP contribution in [-0.4, -0.2) is 72.4 Å². The van der Waals surface area contributed by atoms with Gasteiger partial charge in [-0.05, 0) is 30.2 Å². The molecule has 2 aromatic carbocycles. The van der Waals surface area contributed by atoms with Crippen molar-refractivity contribution in [3.8, 4) is 5.75 Å². The Kier molecular flexibility index (Phi) is 5.99. The molecule has 0 aromatic heterocycles. The fourth-order valence-electron chi connectivity index (χ4n) is 4.24. The smallest absolute Gasteiger partial charge is 0.254 e. The zero-order valence-electron chi connectivity index (χ0n) is 17.1. The van der Waals surface area contributed by atoms with Crippen molar-refractivity contribution in [2.45, 2.75) is 19.0 Å². The normalized spacial score (nSPS) is 19.9. The summed E-state index contributed by atoms with van der Waals surface area (Å²) in [6.45, 7) is 3.72. The highest BCUT2D eigenvalue weighted by molar-refractivity contribution is 5.94. The average Bonchev–Trinajstić information content (AvgIpc) is 2.99. The predicted octanol–water partition coefficient (Wildman–Crippen LogP) is 2.39. The first-order valence-electron chi connectivity index (χ1n) is 10.3. The molecular weight excluding hydrogens is 385 g/mol. The van der Waals surface area contributed by atoms with Crippen molar-refractivity contribution in [3.05, 3.63) is 65.5 Å². The van der Waals surface area contributed by atoms with Crippen LogP contribution in [0.4, 0.5) is 4.39 Å². The van der Waals surface area contributed by atoms with E-state index in [0.717, 1.165) is 12.1 Å². The van der Waals surface area contributed by atoms with Crippen molar-refractivity contribution < 1.29 is 18.7 Å². The van der Waals surface area contributed by atoms with Crippen molar-refractivity contribution in [3.63, 3.8) is 0 Å². The van der Waals surface area contributed by atoms with Gasteiger partial charge in [-0.15, -0.1) is 0 Å². The van der Waals surface area contributed by atoms with Gasteiger partial charge in [0.25, 0.3) is 5.91 Å². The minimum atomic E-state index is -0.553. The SMILES string of the molecule is COc1ccc(C(=O)N2CCC3C(=O)N(Cc4ccccc4)CCN3CC2)cc1F. The molecular formula is C23H26FN3O3. The molecule has 30 heavy (non-hydrogen) atoms. The van der Waals surface area contributed by atoms with Crippen LogP contribution in [0, 0.1) is 5.82 Å². The Balaban J connectivity index is 1.42. The Morgan fingerprint density at radius 3 is 2.57 bits per heavy atom. The predicted molar refractivity (Wildman–Crippen MR) is 111 cm³/mol. The van der Waals surface area contributed by atoms with Gasteiger partial charge in [-0.25, -0.2) is 4.39 Å². The fourth-order valence-corrected chi connectivity index (χ4v) is 4.24. The molecule has 7 heteroatoms. The van der Waals surface area contributed by atoms with Crippen LogP contribution in [0.5, 0.6) is 5.75 Å². The lowest BCUT2D eigenvalue weighted by Crippen LogP contribution is -2.56. The molecule has 2 heterocycles. The van der Waals surface area contributed by atoms with Gasteiger partial charge in [0, 0.05) is 44.8 Å². The molecule has 2 aromatic rings. The van der Waals surface area contributed by atoms with E-state index in [4.69, 9.17) is 4.74 Å². The summed E-state index contributed by atoms with van der Waals surface area (Å²) in [5.41, 5.74) is 1.41. The summed E-state index contributed by atoms with van der Waals surface area (Å²) >= 11 is 0. The Hall–Kier alpha value is -2.93. The van der Waals surface area contributed by atoms with Crippen LogP contribution in [0.1, 0.15) is 22.3 Å². The molecule has 0 radical (unpaired) electrons. The maximum atomic E-state index is 14.0. The number of amides is 2. The third kappa shape index (κ3) is 4.16. The first-order valence-corrected chi connectivity index (χ1v) is 10.3. The minimum Gasteiger partial charge on any atom is -0.494 e. The van der Waals surface area contributed by atoms with Gasteiger partial charge in [0.15, 0.2) is 11.6 Å². The lowest BCUT2D eigenvalue weighted by atomic mass is 10.1. The number of carbonyl (C=O) groups is 2. The number of rotatable bonds is 4. The van der Waals surface area contributed by atoms with Crippen LogP contribution in [0.25, 0.3) is 0 Å². The number of hydrogen-bond acceptors (Lipinski definition) is 4. The number of methoxy groups -OCH3 is 1. The maximum Gasteiger partial charge on any atom is 0.254 e. The van der Waals surface area contributed by atoms with E-state index in [0.29, 0.717) is 44.7 Å². The molecule has 2 aliphatic rings. The molecule has 0 N–H and O–H groups in total. The first kappa shape index (κ1) is 20.3. The van der Waals surface area contributed by atoms with E-state index in [1.165, 1.54) is 19.2 Å². The highest BCUT2D eigenvalue weighted by atomic mass is 19.1. The summed E-state index contributed by atoms with van der Waals surface area (Å²) in [4.78, 5) is 31.8. The number of ether oxygens (including phenoxy) is 1. The standard InChI is InChI=1S/C23H26FN3O3/c1-30-21-8-7-18(15-19(21)24)22(28)26-10-9-20-23(29)27(14-12-25(20)11-13-26)16-17-5-3-2-4-6-17/h2-8,15,20H,9-14,16H2,1H3. The molecule has 0 bridgehead atoms. The number of carbonyl (C=O) groups excluding carboxylic acids is 2. The van der Waals surface area contributed by atoms with E-state index in [9.17, 15) is 14.0 Å². The molecule has 1 unspecified atom stereocenters. The van der Waals surface area contributed by atoms with Gasteiger partial charge < -0.3 is 14.5 Å². The molecule has 2 amide bonds. The van der Waals surface area contributed by atoms with E-state index in [2.05, 4.69) is 4.90 Å². The monoisotopic (exact) mass is 411 g/mol. The van der Waals surface area contributed by atoms with Gasteiger partial charge in [-0.1, -0.05) is 30.3 Å². The van der Waals surface area contributed by atoms with Gasteiger partial charge in [-0.3, -0.25) is 14.5 Å². The molecule has 158 valence electrons. The summed E-state index contributed by atoms with van der Waals surface area (Å²) in [6, 6.07) is 14.0. The number of piperazine rings is 1. The van der Waals surface area contributed by atoms with Crippen LogP contribution >= 0.6 is 0 Å². The largest absolute Gasteiger partial charge is 0.494 e. The molecule has 1 atom stereocenters. The number of halogens is 1. The summed E-state index contributed by atoms with van der Waals surface area (Å²) in [5.74, 6) is -0.536. The van der Waals surface area contributed by atoms with E-state index in [-0.39, 0.29) is 23.6 Å². The van der Waals surface area contributed by atoms with Gasteiger partial charge in [-0.2, -0.15) is 0 Å². The van der Waals surface area contributed by atoms with Gasteiger partial charge >= 0.3 is 0 Å². The first-order chi connectivity index (χ1) is 14.6. The number of benzene rings is 2. The molecule has 0 aliphatic carbocycles. The van der Waals surface area contributed by atoms with Gasteiger partial charge in [0.05, 0.1) is 13.2 Å². The van der Waals surface area contributed by atoms with Crippen LogP contribution in [0.2, 0.25) is 0 Å². The zero-order chi connectivity index (χ0) is 21.1. The lowest BCUT2D eigenvalue weighted by molar-refractivity contribution is -0.142. The molecule has 2 aliphatic heterocycles. The van der Waals surface area contributed by atoms with Gasteiger partial charge in [0.2, 0.25) is 5.91 Å². The molecule has 4 rings (SSSR count). The van der Waals surface area contributed by atoms with Crippen LogP contribution in [0.15, 0.2) is 48.5 Å². The second-order valence-corrected chi connectivity index (χ2v) is 7.73. The number of nitrogens with zero attached hydrogens (tertiary/aromatic N) is 3. The second-order valence-electron chi connectivity index (χ2n) is 7.73. The topological polar surface area (TPSA) is 53.1 Å². The van der Waals surface area contributed by atoms with E-state index >= 15 is 0 Å². The van der Waals surface area contributed by atoms with E-state index in [1.807, 2.05) is 35.2 Å². The summed E-state index contributed by atoms with van der Waals surface area (Å²) in [6.07, 6.45) is 0.578. The number of fused-ring (bicyclic) bond motifs is 1. The Labute approximate surface area is 175 Å². The Morgan fingerprint density at radius 1 is 1.07 bits per heavy atom. The third-order valence-electron chi connectivity index (χ3n) is 5.93. The second kappa shape index (κ2) is 8.83. The molecule has 0 spiro atoms. The molecule has 2 fully saturated rings. The van der Waals surface area contributed by atoms with E-state index in [1.54, 1.807) is 11.0 Å². The van der Waals surface area contributed by atoms with Crippen molar-refractivity contribution in [2.24, 2.45) is 0 Å². The Bertz CT molecular complexity index is 921. The lowest BCUT2D eigenvalue weighted by Gasteiger charge is -2.39. The molecule has 0 saturated carbocycles. The van der Waals surface area contributed by atoms with Crippen LogP contribution < -0.4 is 4.74 Å². The average molecular weight is 411 g/mol. The van der Waals surface area contributed by atoms with E-state index < -0.39 is 5.82 Å². The maximum absolute atomic E-state index is 14.0. The zero-order valence-corrected chi connectivity index (χ0v) is 17.1. The van der Waals surface area contributed by atoms with Crippen molar-refractivity contribution in [2.75, 3.05) is 39.8 Å². The molecule has 6 nitrogen and oxygen atoms in total. The highest BCUT2D eigenvalue weighted by Gasteiger charge is 2.37. The summed E-state index contributed by atoms with van der Waals surface area (Å²) in [7, 11) is 1.39. The van der Waals surface area contributed by atoms with Crippen molar-refractivity contribution in [1.82, 2.24) is 14.7 Å². The van der Waals surface area contributed by atoms with Crippen LogP contribution in [-0.2, 0) is 11.3 Å². The van der Waals surface area contributed by atoms with Gasteiger partial charge in [0.1, 0.15) is 0 Å². The van der Waals surface area contributed by atoms with Crippen molar-refractivity contribution in [1.29, 1.82) is 0 Å².